The number of hydrogen-bond donors (Lipinski definition) is 1. The lowest BCUT2D eigenvalue weighted by atomic mass is 10.1. The summed E-state index contributed by atoms with van der Waals surface area (Å²) in [5.41, 5.74) is 2.40. The quantitative estimate of drug-likeness (QED) is 0.562. The lowest BCUT2D eigenvalue weighted by Crippen LogP contribution is -2.51. The fourth-order valence-corrected chi connectivity index (χ4v) is 4.07. The van der Waals surface area contributed by atoms with Gasteiger partial charge in [0.15, 0.2) is 5.65 Å². The number of carbonyl (C=O) groups excluding carboxylic acids is 2. The fourth-order valence-electron chi connectivity index (χ4n) is 4.07. The molecule has 10 heteroatoms. The highest BCUT2D eigenvalue weighted by molar-refractivity contribution is 5.95. The van der Waals surface area contributed by atoms with E-state index in [4.69, 9.17) is 9.47 Å². The molecule has 0 bridgehead atoms. The van der Waals surface area contributed by atoms with Crippen LogP contribution in [-0.4, -0.2) is 70.8 Å². The van der Waals surface area contributed by atoms with E-state index >= 15 is 0 Å². The third-order valence-corrected chi connectivity index (χ3v) is 5.83. The predicted molar refractivity (Wildman–Crippen MR) is 122 cm³/mol. The van der Waals surface area contributed by atoms with Crippen LogP contribution in [0.3, 0.4) is 0 Å². The van der Waals surface area contributed by atoms with Gasteiger partial charge >= 0.3 is 11.9 Å². The first kappa shape index (κ1) is 22.5. The number of methoxy groups -OCH3 is 1. The molecule has 33 heavy (non-hydrogen) atoms. The van der Waals surface area contributed by atoms with Gasteiger partial charge in [-0.1, -0.05) is 0 Å². The summed E-state index contributed by atoms with van der Waals surface area (Å²) in [6.45, 7) is 6.95. The fraction of sp³-hybridized carbons (Fsp3) is 0.391. The van der Waals surface area contributed by atoms with E-state index in [1.54, 1.807) is 19.1 Å². The molecule has 0 spiro atoms. The Balaban J connectivity index is 1.47. The molecule has 1 fully saturated rings. The summed E-state index contributed by atoms with van der Waals surface area (Å²) >= 11 is 0. The Morgan fingerprint density at radius 2 is 1.94 bits per heavy atom. The van der Waals surface area contributed by atoms with Crippen LogP contribution in [0, 0.1) is 0 Å². The van der Waals surface area contributed by atoms with E-state index in [1.165, 1.54) is 23.9 Å². The van der Waals surface area contributed by atoms with E-state index in [0.717, 1.165) is 25.3 Å². The van der Waals surface area contributed by atoms with Crippen LogP contribution in [0.25, 0.3) is 5.65 Å². The Morgan fingerprint density at radius 1 is 1.18 bits per heavy atom. The van der Waals surface area contributed by atoms with Gasteiger partial charge in [-0.05, 0) is 38.1 Å². The van der Waals surface area contributed by atoms with E-state index in [2.05, 4.69) is 26.8 Å². The molecular weight excluding hydrogens is 426 g/mol. The Hall–Kier alpha value is -3.66. The summed E-state index contributed by atoms with van der Waals surface area (Å²) < 4.78 is 11.1. The third-order valence-electron chi connectivity index (χ3n) is 5.83. The summed E-state index contributed by atoms with van der Waals surface area (Å²) in [6.07, 6.45) is 1.44. The Labute approximate surface area is 190 Å². The zero-order chi connectivity index (χ0) is 23.5. The summed E-state index contributed by atoms with van der Waals surface area (Å²) in [5.74, 6) is -0.867. The number of benzene rings is 1. The average molecular weight is 453 g/mol. The largest absolute Gasteiger partial charge is 0.465 e. The second kappa shape index (κ2) is 9.45. The van der Waals surface area contributed by atoms with Crippen molar-refractivity contribution in [3.63, 3.8) is 0 Å². The normalized spacial score (nSPS) is 16.7. The Kier molecular flexibility index (Phi) is 6.45. The molecular formula is C23H27N5O5. The zero-order valence-corrected chi connectivity index (χ0v) is 18.9. The van der Waals surface area contributed by atoms with Crippen molar-refractivity contribution in [3.8, 4) is 0 Å². The molecule has 10 nitrogen and oxygen atoms in total. The summed E-state index contributed by atoms with van der Waals surface area (Å²) in [4.78, 5) is 45.5. The smallest absolute Gasteiger partial charge is 0.343 e. The maximum Gasteiger partial charge on any atom is 0.343 e. The van der Waals surface area contributed by atoms with Crippen LogP contribution < -0.4 is 10.5 Å². The number of fused-ring (bicyclic) bond motifs is 1. The highest BCUT2D eigenvalue weighted by Crippen LogP contribution is 2.21. The lowest BCUT2D eigenvalue weighted by Gasteiger charge is -2.40. The maximum absolute atomic E-state index is 12.5. The van der Waals surface area contributed by atoms with Crippen molar-refractivity contribution in [2.24, 2.45) is 0 Å². The van der Waals surface area contributed by atoms with E-state index in [0.29, 0.717) is 17.8 Å². The zero-order valence-electron chi connectivity index (χ0n) is 18.9. The molecule has 0 amide bonds. The van der Waals surface area contributed by atoms with Gasteiger partial charge in [-0.2, -0.15) is 0 Å². The van der Waals surface area contributed by atoms with Crippen LogP contribution in [0.5, 0.6) is 0 Å². The molecule has 1 aromatic carbocycles. The standard InChI is InChI=1S/C23H27N5O5/c1-4-33-23(31)19-12-24-28-20(29)11-17(25-21(19)28)14-26-9-10-27(13-15(26)2)18-7-5-16(6-8-18)22(30)32-3/h5-8,11-12,15,24H,4,9-10,13-14H2,1-3H3. The average Bonchev–Trinajstić information content (AvgIpc) is 3.25. The van der Waals surface area contributed by atoms with Crippen LogP contribution in [0.4, 0.5) is 5.69 Å². The SMILES string of the molecule is CCOC(=O)c1c[nH]n2c(=O)cc(CN3CCN(c4ccc(C(=O)OC)cc4)CC3C)nc12. The molecule has 1 N–H and O–H groups in total. The van der Waals surface area contributed by atoms with Gasteiger partial charge in [0.1, 0.15) is 5.56 Å². The van der Waals surface area contributed by atoms with Crippen molar-refractivity contribution in [1.82, 2.24) is 19.5 Å². The van der Waals surface area contributed by atoms with Gasteiger partial charge in [0.05, 0.1) is 25.0 Å². The summed E-state index contributed by atoms with van der Waals surface area (Å²) in [7, 11) is 1.37. The number of aromatic amines is 1. The van der Waals surface area contributed by atoms with Gasteiger partial charge in [-0.25, -0.2) is 19.1 Å². The van der Waals surface area contributed by atoms with Gasteiger partial charge in [-0.15, -0.1) is 0 Å². The van der Waals surface area contributed by atoms with Crippen LogP contribution >= 0.6 is 0 Å². The van der Waals surface area contributed by atoms with Crippen molar-refractivity contribution in [2.45, 2.75) is 26.4 Å². The number of esters is 2. The van der Waals surface area contributed by atoms with Crippen molar-refractivity contribution in [3.05, 3.63) is 63.7 Å². The van der Waals surface area contributed by atoms with Gasteiger partial charge < -0.3 is 14.4 Å². The first-order valence-electron chi connectivity index (χ1n) is 10.9. The maximum atomic E-state index is 12.5. The number of rotatable bonds is 6. The summed E-state index contributed by atoms with van der Waals surface area (Å²) in [6, 6.07) is 9.08. The molecule has 0 aliphatic carbocycles. The second-order valence-electron chi connectivity index (χ2n) is 7.96. The van der Waals surface area contributed by atoms with E-state index < -0.39 is 5.97 Å². The highest BCUT2D eigenvalue weighted by atomic mass is 16.5. The number of H-pyrrole nitrogens is 1. The van der Waals surface area contributed by atoms with E-state index in [-0.39, 0.29) is 35.4 Å². The molecule has 4 rings (SSSR count). The molecule has 1 unspecified atom stereocenters. The van der Waals surface area contributed by atoms with E-state index in [1.807, 2.05) is 12.1 Å². The molecule has 1 aliphatic rings. The van der Waals surface area contributed by atoms with Crippen molar-refractivity contribution in [2.75, 3.05) is 38.3 Å². The van der Waals surface area contributed by atoms with Gasteiger partial charge in [0.25, 0.3) is 5.56 Å². The molecule has 3 aromatic rings. The Bertz CT molecular complexity index is 1220. The van der Waals surface area contributed by atoms with Crippen molar-refractivity contribution >= 4 is 23.3 Å². The number of ether oxygens (including phenoxy) is 2. The molecule has 0 radical (unpaired) electrons. The van der Waals surface area contributed by atoms with Gasteiger partial charge in [-0.3, -0.25) is 14.8 Å². The molecule has 1 aliphatic heterocycles. The molecule has 1 saturated heterocycles. The molecule has 174 valence electrons. The van der Waals surface area contributed by atoms with Gasteiger partial charge in [0.2, 0.25) is 0 Å². The number of piperazine rings is 1. The first-order chi connectivity index (χ1) is 15.9. The van der Waals surface area contributed by atoms with E-state index in [9.17, 15) is 14.4 Å². The first-order valence-corrected chi connectivity index (χ1v) is 10.9. The number of nitrogens with zero attached hydrogens (tertiary/aromatic N) is 4. The predicted octanol–water partition coefficient (Wildman–Crippen LogP) is 1.70. The topological polar surface area (TPSA) is 109 Å². The number of aromatic nitrogens is 3. The molecule has 3 heterocycles. The summed E-state index contributed by atoms with van der Waals surface area (Å²) in [5, 5.41) is 2.77. The number of hydrogen-bond acceptors (Lipinski definition) is 8. The van der Waals surface area contributed by atoms with Crippen LogP contribution in [0.15, 0.2) is 41.3 Å². The highest BCUT2D eigenvalue weighted by Gasteiger charge is 2.25. The molecule has 0 saturated carbocycles. The lowest BCUT2D eigenvalue weighted by molar-refractivity contribution is 0.0527. The molecule has 1 atom stereocenters. The van der Waals surface area contributed by atoms with Crippen molar-refractivity contribution in [1.29, 1.82) is 0 Å². The minimum atomic E-state index is -0.513. The van der Waals surface area contributed by atoms with Crippen LogP contribution in [-0.2, 0) is 16.0 Å². The third kappa shape index (κ3) is 4.61. The van der Waals surface area contributed by atoms with Gasteiger partial charge in [0, 0.05) is 50.2 Å². The second-order valence-corrected chi connectivity index (χ2v) is 7.96. The van der Waals surface area contributed by atoms with Crippen LogP contribution in [0.1, 0.15) is 40.3 Å². The molecule has 2 aromatic heterocycles. The number of anilines is 1. The minimum absolute atomic E-state index is 0.204. The van der Waals surface area contributed by atoms with Crippen molar-refractivity contribution < 1.29 is 19.1 Å². The Morgan fingerprint density at radius 3 is 2.61 bits per heavy atom. The monoisotopic (exact) mass is 453 g/mol. The minimum Gasteiger partial charge on any atom is -0.465 e. The number of nitrogens with one attached hydrogen (secondary N) is 1. The number of carbonyl (C=O) groups is 2. The van der Waals surface area contributed by atoms with Crippen LogP contribution in [0.2, 0.25) is 0 Å².